The average Bonchev–Trinajstić information content (AvgIpc) is 3.56. The molecule has 4 aromatic rings. The van der Waals surface area contributed by atoms with Gasteiger partial charge in [0.2, 0.25) is 14.8 Å². The van der Waals surface area contributed by atoms with E-state index in [1.54, 1.807) is 29.6 Å². The first-order chi connectivity index (χ1) is 18.3. The predicted octanol–water partition coefficient (Wildman–Crippen LogP) is 3.99. The van der Waals surface area contributed by atoms with Gasteiger partial charge in [-0.1, -0.05) is 0 Å². The van der Waals surface area contributed by atoms with Crippen LogP contribution in [0.3, 0.4) is 0 Å². The minimum Gasteiger partial charge on any atom is -0.400 e. The number of hydrogen-bond donors (Lipinski definition) is 0. The molecule has 0 radical (unpaired) electrons. The van der Waals surface area contributed by atoms with E-state index in [-0.39, 0.29) is 16.5 Å². The van der Waals surface area contributed by atoms with Crippen LogP contribution in [-0.2, 0) is 14.8 Å². The first-order valence-corrected chi connectivity index (χ1v) is 13.6. The summed E-state index contributed by atoms with van der Waals surface area (Å²) < 4.78 is 52.6. The van der Waals surface area contributed by atoms with E-state index in [0.29, 0.717) is 48.0 Å². The number of nitro groups is 1. The summed E-state index contributed by atoms with van der Waals surface area (Å²) in [7, 11) is -3.64. The van der Waals surface area contributed by atoms with Gasteiger partial charge in [0.25, 0.3) is 0 Å². The van der Waals surface area contributed by atoms with E-state index in [4.69, 9.17) is 9.15 Å². The fourth-order valence-corrected chi connectivity index (χ4v) is 5.94. The van der Waals surface area contributed by atoms with Crippen LogP contribution in [0, 0.1) is 15.9 Å². The van der Waals surface area contributed by atoms with Crippen LogP contribution in [0.25, 0.3) is 11.3 Å². The van der Waals surface area contributed by atoms with Crippen LogP contribution in [0.5, 0.6) is 0 Å². The summed E-state index contributed by atoms with van der Waals surface area (Å²) in [6, 6.07) is 14.6. The predicted molar refractivity (Wildman–Crippen MR) is 137 cm³/mol. The van der Waals surface area contributed by atoms with Crippen molar-refractivity contribution in [3.05, 3.63) is 92.5 Å². The number of morpholine rings is 1. The van der Waals surface area contributed by atoms with Crippen molar-refractivity contribution in [1.29, 1.82) is 0 Å². The van der Waals surface area contributed by atoms with Gasteiger partial charge in [0.15, 0.2) is 5.76 Å². The fraction of sp³-hybridized carbons (Fsp3) is 0.167. The van der Waals surface area contributed by atoms with Crippen molar-refractivity contribution < 1.29 is 26.9 Å². The first-order valence-electron chi connectivity index (χ1n) is 11.3. The molecule has 0 amide bonds. The quantitative estimate of drug-likeness (QED) is 0.192. The van der Waals surface area contributed by atoms with E-state index >= 15 is 0 Å². The molecule has 0 atom stereocenters. The van der Waals surface area contributed by atoms with Gasteiger partial charge in [0.05, 0.1) is 41.8 Å². The van der Waals surface area contributed by atoms with Gasteiger partial charge >= 0.3 is 5.88 Å². The number of rotatable bonds is 7. The third-order valence-electron chi connectivity index (χ3n) is 5.59. The Morgan fingerprint density at radius 1 is 1.03 bits per heavy atom. The molecule has 1 aliphatic heterocycles. The molecule has 196 valence electrons. The molecule has 3 heterocycles. The van der Waals surface area contributed by atoms with Crippen molar-refractivity contribution in [2.45, 2.75) is 4.90 Å². The molecular weight excluding hydrogens is 537 g/mol. The zero-order chi connectivity index (χ0) is 26.7. The van der Waals surface area contributed by atoms with Crippen LogP contribution in [0.1, 0.15) is 5.76 Å². The molecule has 0 N–H and O–H groups in total. The normalized spacial score (nSPS) is 15.3. The molecule has 1 fully saturated rings. The van der Waals surface area contributed by atoms with Crippen LogP contribution in [-0.4, -0.2) is 54.8 Å². The lowest BCUT2D eigenvalue weighted by Gasteiger charge is -2.26. The van der Waals surface area contributed by atoms with Gasteiger partial charge in [-0.2, -0.15) is 9.41 Å². The summed E-state index contributed by atoms with van der Waals surface area (Å²) in [5.41, 5.74) is 1.74. The molecule has 38 heavy (non-hydrogen) atoms. The number of furan rings is 1. The molecule has 0 aliphatic carbocycles. The van der Waals surface area contributed by atoms with E-state index < -0.39 is 20.8 Å². The van der Waals surface area contributed by atoms with Crippen molar-refractivity contribution in [1.82, 2.24) is 8.98 Å². The summed E-state index contributed by atoms with van der Waals surface area (Å²) in [5.74, 6) is -0.652. The third kappa shape index (κ3) is 5.47. The Labute approximate surface area is 219 Å². The summed E-state index contributed by atoms with van der Waals surface area (Å²) in [4.78, 5) is 15.5. The van der Waals surface area contributed by atoms with Crippen LogP contribution in [0.15, 0.2) is 85.5 Å². The molecule has 0 unspecified atom stereocenters. The lowest BCUT2D eigenvalue weighted by atomic mass is 10.2. The van der Waals surface area contributed by atoms with Gasteiger partial charge < -0.3 is 9.15 Å². The molecule has 0 spiro atoms. The molecule has 11 nitrogen and oxygen atoms in total. The molecule has 14 heteroatoms. The topological polar surface area (TPSA) is 133 Å². The molecule has 0 bridgehead atoms. The number of thiazole rings is 1. The van der Waals surface area contributed by atoms with E-state index in [2.05, 4.69) is 10.1 Å². The van der Waals surface area contributed by atoms with E-state index in [1.807, 2.05) is 0 Å². The Bertz CT molecular complexity index is 1650. The highest BCUT2D eigenvalue weighted by Crippen LogP contribution is 2.23. The maximum atomic E-state index is 13.5. The largest absolute Gasteiger partial charge is 0.433 e. The van der Waals surface area contributed by atoms with Crippen LogP contribution < -0.4 is 4.80 Å². The summed E-state index contributed by atoms with van der Waals surface area (Å²) >= 11 is 1.26. The molecule has 1 saturated heterocycles. The Morgan fingerprint density at radius 2 is 1.74 bits per heavy atom. The zero-order valence-corrected chi connectivity index (χ0v) is 21.3. The van der Waals surface area contributed by atoms with Gasteiger partial charge in [-0.05, 0) is 54.6 Å². The number of benzene rings is 2. The van der Waals surface area contributed by atoms with Crippen LogP contribution >= 0.6 is 11.3 Å². The molecule has 2 aromatic carbocycles. The Balaban J connectivity index is 1.51. The number of aromatic nitrogens is 1. The van der Waals surface area contributed by atoms with Crippen molar-refractivity contribution >= 4 is 39.1 Å². The van der Waals surface area contributed by atoms with Gasteiger partial charge in [0, 0.05) is 24.0 Å². The molecule has 0 saturated carbocycles. The molecule has 2 aromatic heterocycles. The maximum Gasteiger partial charge on any atom is 0.433 e. The Hall–Kier alpha value is -3.98. The molecule has 1 aliphatic rings. The van der Waals surface area contributed by atoms with E-state index in [9.17, 15) is 22.9 Å². The maximum absolute atomic E-state index is 13.5. The van der Waals surface area contributed by atoms with Crippen molar-refractivity contribution in [3.8, 4) is 11.3 Å². The second-order valence-electron chi connectivity index (χ2n) is 8.02. The highest BCUT2D eigenvalue weighted by atomic mass is 32.2. The second-order valence-corrected chi connectivity index (χ2v) is 10.8. The third-order valence-corrected chi connectivity index (χ3v) is 8.32. The lowest BCUT2D eigenvalue weighted by molar-refractivity contribution is -0.402. The lowest BCUT2D eigenvalue weighted by Crippen LogP contribution is -2.40. The SMILES string of the molecule is O=[N+]([O-])c1ccc(C=Nn2c(-c3ccc(F)cc3)csc2=Nc2ccc(S(=O)(=O)N3CCOCC3)cc2)o1. The minimum absolute atomic E-state index is 0.154. The van der Waals surface area contributed by atoms with Crippen molar-refractivity contribution in [2.75, 3.05) is 26.3 Å². The number of sulfonamides is 1. The van der Waals surface area contributed by atoms with E-state index in [0.717, 1.165) is 0 Å². The Morgan fingerprint density at radius 3 is 2.39 bits per heavy atom. The summed E-state index contributed by atoms with van der Waals surface area (Å²) in [5, 5.41) is 17.1. The van der Waals surface area contributed by atoms with Crippen molar-refractivity contribution in [2.24, 2.45) is 10.1 Å². The first kappa shape index (κ1) is 25.7. The standard InChI is InChI=1S/C24H20FN5O6S2/c25-18-3-1-17(2-4-18)22-16-37-24(29(22)26-15-20-7-10-23(36-20)30(31)32)27-19-5-8-21(9-6-19)38(33,34)28-11-13-35-14-12-28/h1-10,15-16H,11-14H2. The highest BCUT2D eigenvalue weighted by molar-refractivity contribution is 7.89. The number of ether oxygens (including phenoxy) is 1. The molecular formula is C24H20FN5O6S2. The number of halogens is 1. The zero-order valence-electron chi connectivity index (χ0n) is 19.6. The van der Waals surface area contributed by atoms with Gasteiger partial charge in [-0.3, -0.25) is 10.1 Å². The van der Waals surface area contributed by atoms with Crippen LogP contribution in [0.4, 0.5) is 16.0 Å². The minimum atomic E-state index is -3.64. The summed E-state index contributed by atoms with van der Waals surface area (Å²) in [6.45, 7) is 1.31. The second kappa shape index (κ2) is 10.8. The monoisotopic (exact) mass is 557 g/mol. The smallest absolute Gasteiger partial charge is 0.400 e. The highest BCUT2D eigenvalue weighted by Gasteiger charge is 2.26. The van der Waals surface area contributed by atoms with Crippen LogP contribution in [0.2, 0.25) is 0 Å². The van der Waals surface area contributed by atoms with Crippen molar-refractivity contribution in [3.63, 3.8) is 0 Å². The fourth-order valence-electron chi connectivity index (χ4n) is 3.67. The summed E-state index contributed by atoms with van der Waals surface area (Å²) in [6.07, 6.45) is 1.31. The van der Waals surface area contributed by atoms with Gasteiger partial charge in [-0.25, -0.2) is 22.5 Å². The number of hydrogen-bond acceptors (Lipinski definition) is 9. The molecule has 5 rings (SSSR count). The van der Waals surface area contributed by atoms with E-state index in [1.165, 1.54) is 62.9 Å². The van der Waals surface area contributed by atoms with Gasteiger partial charge in [-0.15, -0.1) is 11.3 Å². The Kier molecular flexibility index (Phi) is 7.28. The number of nitrogens with zero attached hydrogens (tertiary/aromatic N) is 5. The average molecular weight is 558 g/mol. The van der Waals surface area contributed by atoms with Gasteiger partial charge in [0.1, 0.15) is 10.7 Å².